The topological polar surface area (TPSA) is 78.7 Å². The first-order valence-electron chi connectivity index (χ1n) is 6.05. The smallest absolute Gasteiger partial charge is 0.238 e. The maximum absolute atomic E-state index is 12.1. The first-order valence-corrected chi connectivity index (χ1v) is 9.61. The van der Waals surface area contributed by atoms with E-state index in [2.05, 4.69) is 28.5 Å². The third-order valence-electron chi connectivity index (χ3n) is 2.32. The molecule has 0 radical (unpaired) electrons. The summed E-state index contributed by atoms with van der Waals surface area (Å²) in [5, 5.41) is 21.9. The van der Waals surface area contributed by atoms with E-state index in [0.29, 0.717) is 10.6 Å². The van der Waals surface area contributed by atoms with Crippen molar-refractivity contribution in [3.8, 4) is 6.07 Å². The molecule has 9 heteroatoms. The molecule has 0 aromatic carbocycles. The third-order valence-corrected chi connectivity index (χ3v) is 6.28. The number of aromatic nitrogens is 2. The van der Waals surface area contributed by atoms with E-state index in [-0.39, 0.29) is 11.2 Å². The van der Waals surface area contributed by atoms with Gasteiger partial charge in [-0.25, -0.2) is 0 Å². The minimum Gasteiger partial charge on any atom is -0.316 e. The molecule has 1 N–H and O–H groups in total. The largest absolute Gasteiger partial charge is 0.316 e. The second-order valence-electron chi connectivity index (χ2n) is 3.79. The molecule has 0 spiro atoms. The van der Waals surface area contributed by atoms with Crippen molar-refractivity contribution in [3.05, 3.63) is 17.0 Å². The number of rotatable bonds is 6. The molecule has 1 atom stereocenters. The summed E-state index contributed by atoms with van der Waals surface area (Å²) in [4.78, 5) is 12.1. The van der Waals surface area contributed by atoms with E-state index in [1.165, 1.54) is 34.4 Å². The Labute approximate surface area is 139 Å². The number of nitrogens with one attached hydrogen (secondary N) is 1. The highest BCUT2D eigenvalue weighted by Gasteiger charge is 2.18. The van der Waals surface area contributed by atoms with Crippen LogP contribution < -0.4 is 5.32 Å². The van der Waals surface area contributed by atoms with Crippen molar-refractivity contribution in [2.24, 2.45) is 0 Å². The van der Waals surface area contributed by atoms with Gasteiger partial charge in [-0.2, -0.15) is 5.26 Å². The lowest BCUT2D eigenvalue weighted by Gasteiger charge is -2.08. The zero-order valence-corrected chi connectivity index (χ0v) is 14.6. The van der Waals surface area contributed by atoms with Crippen molar-refractivity contribution >= 4 is 57.1 Å². The molecule has 2 aromatic rings. The second-order valence-corrected chi connectivity index (χ2v) is 8.78. The zero-order chi connectivity index (χ0) is 15.2. The molecule has 5 nitrogen and oxygen atoms in total. The van der Waals surface area contributed by atoms with Crippen LogP contribution in [0, 0.1) is 11.3 Å². The van der Waals surface area contributed by atoms with Gasteiger partial charge in [0.1, 0.15) is 11.1 Å². The summed E-state index contributed by atoms with van der Waals surface area (Å²) in [6.07, 6.45) is 0. The van der Waals surface area contributed by atoms with Crippen LogP contribution in [-0.2, 0) is 4.79 Å². The maximum Gasteiger partial charge on any atom is 0.238 e. The minimum absolute atomic E-state index is 0.140. The highest BCUT2D eigenvalue weighted by atomic mass is 32.2. The van der Waals surface area contributed by atoms with Gasteiger partial charge in [-0.15, -0.1) is 21.5 Å². The lowest BCUT2D eigenvalue weighted by atomic mass is 10.3. The van der Waals surface area contributed by atoms with Crippen molar-refractivity contribution in [2.75, 3.05) is 11.1 Å². The van der Waals surface area contributed by atoms with Crippen molar-refractivity contribution in [1.29, 1.82) is 5.26 Å². The van der Waals surface area contributed by atoms with E-state index in [9.17, 15) is 4.79 Å². The lowest BCUT2D eigenvalue weighted by molar-refractivity contribution is -0.115. The zero-order valence-electron chi connectivity index (χ0n) is 11.3. The van der Waals surface area contributed by atoms with E-state index >= 15 is 0 Å². The number of hydrogen-bond donors (Lipinski definition) is 1. The van der Waals surface area contributed by atoms with Gasteiger partial charge in [0, 0.05) is 0 Å². The first-order chi connectivity index (χ1) is 10.1. The minimum atomic E-state index is -0.300. The summed E-state index contributed by atoms with van der Waals surface area (Å²) in [6, 6.07) is 3.74. The average Bonchev–Trinajstić information content (AvgIpc) is 3.08. The van der Waals surface area contributed by atoms with Crippen LogP contribution in [0.2, 0.25) is 0 Å². The summed E-state index contributed by atoms with van der Waals surface area (Å²) in [5.74, 6) is 0.809. The van der Waals surface area contributed by atoms with Crippen LogP contribution in [0.3, 0.4) is 0 Å². The average molecular weight is 357 g/mol. The quantitative estimate of drug-likeness (QED) is 0.795. The van der Waals surface area contributed by atoms with Gasteiger partial charge in [0.15, 0.2) is 8.68 Å². The van der Waals surface area contributed by atoms with E-state index in [0.717, 1.165) is 14.4 Å². The van der Waals surface area contributed by atoms with Crippen LogP contribution in [0.4, 0.5) is 5.00 Å². The molecule has 0 unspecified atom stereocenters. The molecule has 0 aliphatic rings. The van der Waals surface area contributed by atoms with Crippen LogP contribution in [0.15, 0.2) is 20.1 Å². The number of hydrogen-bond acceptors (Lipinski definition) is 8. The summed E-state index contributed by atoms with van der Waals surface area (Å²) in [5.41, 5.74) is 0.489. The van der Waals surface area contributed by atoms with Gasteiger partial charge in [-0.05, 0) is 24.1 Å². The van der Waals surface area contributed by atoms with E-state index in [1.54, 1.807) is 23.2 Å². The molecule has 110 valence electrons. The number of anilines is 1. The first kappa shape index (κ1) is 16.3. The number of amides is 1. The van der Waals surface area contributed by atoms with Gasteiger partial charge in [-0.1, -0.05) is 41.8 Å². The molecule has 1 amide bonds. The van der Waals surface area contributed by atoms with Crippen molar-refractivity contribution in [1.82, 2.24) is 10.2 Å². The van der Waals surface area contributed by atoms with Crippen molar-refractivity contribution < 1.29 is 4.79 Å². The molecule has 0 saturated heterocycles. The molecule has 0 saturated carbocycles. The second kappa shape index (κ2) is 7.79. The molecule has 0 fully saturated rings. The van der Waals surface area contributed by atoms with E-state index in [1.807, 2.05) is 6.92 Å². The van der Waals surface area contributed by atoms with Crippen LogP contribution >= 0.6 is 46.2 Å². The Bertz CT molecular complexity index is 660. The van der Waals surface area contributed by atoms with Gasteiger partial charge in [0.2, 0.25) is 5.91 Å². The van der Waals surface area contributed by atoms with Crippen LogP contribution in [0.1, 0.15) is 19.4 Å². The predicted molar refractivity (Wildman–Crippen MR) is 89.3 cm³/mol. The molecule has 2 aromatic heterocycles. The predicted octanol–water partition coefficient (Wildman–Crippen LogP) is 3.70. The number of thiophene rings is 1. The number of carbonyl (C=O) groups is 1. The maximum atomic E-state index is 12.1. The Morgan fingerprint density at radius 2 is 2.29 bits per heavy atom. The van der Waals surface area contributed by atoms with Gasteiger partial charge in [0.25, 0.3) is 0 Å². The van der Waals surface area contributed by atoms with Crippen molar-refractivity contribution in [3.63, 3.8) is 0 Å². The van der Waals surface area contributed by atoms with Gasteiger partial charge in [-0.3, -0.25) is 4.79 Å². The number of thioether (sulfide) groups is 2. The van der Waals surface area contributed by atoms with Crippen LogP contribution in [0.25, 0.3) is 0 Å². The molecule has 0 aliphatic heterocycles. The van der Waals surface area contributed by atoms with Crippen LogP contribution in [-0.4, -0.2) is 27.1 Å². The Morgan fingerprint density at radius 1 is 1.52 bits per heavy atom. The van der Waals surface area contributed by atoms with E-state index in [4.69, 9.17) is 5.26 Å². The molecule has 2 rings (SSSR count). The third kappa shape index (κ3) is 4.44. The molecule has 0 bridgehead atoms. The number of carbonyl (C=O) groups excluding carboxylic acids is 1. The SMILES string of the molecule is CCSc1nnc(S[C@H](C)C(=O)Nc2sccc2C#N)s1. The summed E-state index contributed by atoms with van der Waals surface area (Å²) >= 11 is 5.85. The number of nitrogens with zero attached hydrogens (tertiary/aromatic N) is 3. The fourth-order valence-corrected chi connectivity index (χ4v) is 5.14. The molecular formula is C12H12N4OS4. The molecular weight excluding hydrogens is 344 g/mol. The lowest BCUT2D eigenvalue weighted by Crippen LogP contribution is -2.22. The monoisotopic (exact) mass is 356 g/mol. The Morgan fingerprint density at radius 3 is 3.00 bits per heavy atom. The summed E-state index contributed by atoms with van der Waals surface area (Å²) < 4.78 is 1.69. The van der Waals surface area contributed by atoms with Crippen molar-refractivity contribution in [2.45, 2.75) is 27.8 Å². The molecule has 21 heavy (non-hydrogen) atoms. The Hall–Kier alpha value is -1.08. The molecule has 0 aliphatic carbocycles. The number of nitriles is 1. The fourth-order valence-electron chi connectivity index (χ4n) is 1.34. The fraction of sp³-hybridized carbons (Fsp3) is 0.333. The normalized spacial score (nSPS) is 11.9. The Balaban J connectivity index is 1.94. The van der Waals surface area contributed by atoms with Gasteiger partial charge in [0.05, 0.1) is 10.8 Å². The summed E-state index contributed by atoms with van der Waals surface area (Å²) in [7, 11) is 0. The van der Waals surface area contributed by atoms with Gasteiger partial charge >= 0.3 is 0 Å². The standard InChI is InChI=1S/C12H12N4OS4/c1-3-18-11-15-16-12(21-11)20-7(2)9(17)14-10-8(6-13)4-5-19-10/h4-5,7H,3H2,1-2H3,(H,14,17)/t7-/m1/s1. The summed E-state index contributed by atoms with van der Waals surface area (Å²) in [6.45, 7) is 3.87. The Kier molecular flexibility index (Phi) is 6.05. The van der Waals surface area contributed by atoms with Crippen LogP contribution in [0.5, 0.6) is 0 Å². The molecule has 2 heterocycles. The highest BCUT2D eigenvalue weighted by molar-refractivity contribution is 8.03. The van der Waals surface area contributed by atoms with E-state index < -0.39 is 0 Å². The highest BCUT2D eigenvalue weighted by Crippen LogP contribution is 2.32. The van der Waals surface area contributed by atoms with Gasteiger partial charge < -0.3 is 5.32 Å².